The summed E-state index contributed by atoms with van der Waals surface area (Å²) >= 11 is 0. The monoisotopic (exact) mass is 805 g/mol. The molecule has 0 N–H and O–H groups in total. The van der Waals surface area contributed by atoms with Crippen LogP contribution >= 0.6 is 0 Å². The van der Waals surface area contributed by atoms with Crippen LogP contribution in [0.25, 0.3) is 89.5 Å². The lowest BCUT2D eigenvalue weighted by Crippen LogP contribution is -2.32. The van der Waals surface area contributed by atoms with Gasteiger partial charge in [-0.25, -0.2) is 15.0 Å². The fraction of sp³-hybridized carbons (Fsp3) is 0.0172. The summed E-state index contributed by atoms with van der Waals surface area (Å²) in [5.74, 6) is 3.62. The number of aromatic nitrogens is 3. The van der Waals surface area contributed by atoms with Crippen molar-refractivity contribution in [3.63, 3.8) is 0 Å². The van der Waals surface area contributed by atoms with Crippen LogP contribution in [0.3, 0.4) is 0 Å². The quantitative estimate of drug-likeness (QED) is 0.173. The summed E-state index contributed by atoms with van der Waals surface area (Å²) in [4.78, 5) is 14.9. The van der Waals surface area contributed by atoms with Crippen molar-refractivity contribution in [2.45, 2.75) is 5.41 Å². The smallest absolute Gasteiger partial charge is 0.164 e. The molecule has 1 aliphatic heterocycles. The second kappa shape index (κ2) is 13.8. The molecule has 0 radical (unpaired) electrons. The third-order valence-corrected chi connectivity index (χ3v) is 12.8. The molecule has 294 valence electrons. The van der Waals surface area contributed by atoms with Gasteiger partial charge in [0.2, 0.25) is 0 Å². The minimum Gasteiger partial charge on any atom is -0.457 e. The third kappa shape index (κ3) is 5.46. The number of rotatable bonds is 5. The Kier molecular flexibility index (Phi) is 7.75. The second-order valence-electron chi connectivity index (χ2n) is 16.3. The van der Waals surface area contributed by atoms with Crippen LogP contribution in [0.15, 0.2) is 217 Å². The topological polar surface area (TPSA) is 61.0 Å². The van der Waals surface area contributed by atoms with E-state index in [1.165, 1.54) is 22.3 Å². The van der Waals surface area contributed by atoms with Crippen LogP contribution in [-0.4, -0.2) is 15.0 Å². The van der Waals surface area contributed by atoms with E-state index in [9.17, 15) is 0 Å². The summed E-state index contributed by atoms with van der Waals surface area (Å²) in [5.41, 5.74) is 15.4. The molecule has 1 aliphatic carbocycles. The molecule has 1 spiro atoms. The van der Waals surface area contributed by atoms with Gasteiger partial charge in [-0.05, 0) is 93.0 Å². The van der Waals surface area contributed by atoms with Crippen molar-refractivity contribution in [3.05, 3.63) is 235 Å². The van der Waals surface area contributed by atoms with E-state index in [-0.39, 0.29) is 0 Å². The Labute approximate surface area is 363 Å². The normalized spacial score (nSPS) is 13.0. The number of furan rings is 1. The first-order chi connectivity index (χ1) is 31.2. The van der Waals surface area contributed by atoms with Gasteiger partial charge in [0.25, 0.3) is 0 Å². The van der Waals surface area contributed by atoms with Gasteiger partial charge in [-0.3, -0.25) is 0 Å². The average Bonchev–Trinajstić information content (AvgIpc) is 3.86. The molecule has 0 amide bonds. The molecule has 5 heteroatoms. The maximum Gasteiger partial charge on any atom is 0.164 e. The summed E-state index contributed by atoms with van der Waals surface area (Å²) < 4.78 is 13.3. The molecular weight excluding hydrogens is 771 g/mol. The molecule has 0 saturated heterocycles. The number of nitrogens with zero attached hydrogens (tertiary/aromatic N) is 3. The van der Waals surface area contributed by atoms with Crippen LogP contribution in [0.2, 0.25) is 0 Å². The van der Waals surface area contributed by atoms with E-state index >= 15 is 0 Å². The molecule has 13 rings (SSSR count). The molecule has 0 saturated carbocycles. The summed E-state index contributed by atoms with van der Waals surface area (Å²) in [5, 5.41) is 2.23. The van der Waals surface area contributed by atoms with E-state index in [1.807, 2.05) is 66.7 Å². The highest BCUT2D eigenvalue weighted by Crippen LogP contribution is 2.63. The fourth-order valence-corrected chi connectivity index (χ4v) is 9.95. The van der Waals surface area contributed by atoms with E-state index in [1.54, 1.807) is 0 Å². The zero-order valence-corrected chi connectivity index (χ0v) is 33.9. The minimum absolute atomic E-state index is 0.626. The van der Waals surface area contributed by atoms with Gasteiger partial charge in [0, 0.05) is 38.6 Å². The van der Waals surface area contributed by atoms with E-state index in [0.29, 0.717) is 17.5 Å². The summed E-state index contributed by atoms with van der Waals surface area (Å²) in [6, 6.07) is 74.5. The molecule has 0 bridgehead atoms. The fourth-order valence-electron chi connectivity index (χ4n) is 9.95. The van der Waals surface area contributed by atoms with Gasteiger partial charge in [-0.1, -0.05) is 164 Å². The number of fused-ring (bicyclic) bond motifs is 12. The van der Waals surface area contributed by atoms with Gasteiger partial charge in [0.15, 0.2) is 17.5 Å². The third-order valence-electron chi connectivity index (χ3n) is 12.8. The van der Waals surface area contributed by atoms with Crippen LogP contribution in [0.4, 0.5) is 0 Å². The molecule has 0 atom stereocenters. The molecule has 11 aromatic rings. The standard InChI is InChI=1S/C58H35N3O2/c1-3-15-36(16-4-1)55-59-56(37-17-5-2-6-18-37)61-57(60-55)42-22-14-21-40(32-42)38-19-13-20-39(31-38)41-29-30-43-45-34-46-44-23-7-10-26-51(44)62-54(46)35-50(45)58(49(43)33-41)47-24-8-11-27-52(47)63-53-28-12-9-25-48(53)58/h1-35H. The molecule has 63 heavy (non-hydrogen) atoms. The van der Waals surface area contributed by atoms with Crippen molar-refractivity contribution in [2.75, 3.05) is 0 Å². The van der Waals surface area contributed by atoms with Crippen LogP contribution in [0.5, 0.6) is 11.5 Å². The Hall–Kier alpha value is -8.41. The molecular formula is C58H35N3O2. The van der Waals surface area contributed by atoms with Gasteiger partial charge >= 0.3 is 0 Å². The van der Waals surface area contributed by atoms with Crippen molar-refractivity contribution >= 4 is 21.9 Å². The van der Waals surface area contributed by atoms with E-state index in [0.717, 1.165) is 83.5 Å². The lowest BCUT2D eigenvalue weighted by molar-refractivity contribution is 0.436. The van der Waals surface area contributed by atoms with Gasteiger partial charge in [0.05, 0.1) is 5.41 Å². The number of benzene rings is 9. The van der Waals surface area contributed by atoms with Crippen LogP contribution in [-0.2, 0) is 5.41 Å². The predicted molar refractivity (Wildman–Crippen MR) is 252 cm³/mol. The van der Waals surface area contributed by atoms with Crippen LogP contribution < -0.4 is 4.74 Å². The number of hydrogen-bond donors (Lipinski definition) is 0. The maximum atomic E-state index is 6.67. The molecule has 0 unspecified atom stereocenters. The van der Waals surface area contributed by atoms with Gasteiger partial charge in [-0.15, -0.1) is 0 Å². The molecule has 9 aromatic carbocycles. The van der Waals surface area contributed by atoms with Gasteiger partial charge in [-0.2, -0.15) is 0 Å². The molecule has 3 heterocycles. The molecule has 0 fully saturated rings. The Bertz CT molecular complexity index is 3510. The highest BCUT2D eigenvalue weighted by Gasteiger charge is 2.51. The number of para-hydroxylation sites is 3. The van der Waals surface area contributed by atoms with Crippen LogP contribution in [0.1, 0.15) is 22.3 Å². The SMILES string of the molecule is c1ccc(-c2nc(-c3ccccc3)nc(-c3cccc(-c4cccc(-c5ccc6c(c5)C5(c7ccccc7Oc7ccccc75)c5cc7oc8ccccc8c7cc5-6)c4)c3)n2)cc1. The van der Waals surface area contributed by atoms with E-state index in [4.69, 9.17) is 24.1 Å². The molecule has 2 aromatic heterocycles. The average molecular weight is 806 g/mol. The zero-order chi connectivity index (χ0) is 41.5. The lowest BCUT2D eigenvalue weighted by atomic mass is 9.66. The van der Waals surface area contributed by atoms with Crippen molar-refractivity contribution < 1.29 is 9.15 Å². The Morgan fingerprint density at radius 3 is 1.44 bits per heavy atom. The van der Waals surface area contributed by atoms with Gasteiger partial charge < -0.3 is 9.15 Å². The first kappa shape index (κ1) is 35.4. The summed E-state index contributed by atoms with van der Waals surface area (Å²) in [7, 11) is 0. The predicted octanol–water partition coefficient (Wildman–Crippen LogP) is 14.6. The first-order valence-electron chi connectivity index (χ1n) is 21.2. The number of hydrogen-bond acceptors (Lipinski definition) is 5. The lowest BCUT2D eigenvalue weighted by Gasteiger charge is -2.39. The summed E-state index contributed by atoms with van der Waals surface area (Å²) in [6.07, 6.45) is 0. The highest BCUT2D eigenvalue weighted by atomic mass is 16.5. The minimum atomic E-state index is -0.646. The maximum absolute atomic E-state index is 6.67. The van der Waals surface area contributed by atoms with E-state index < -0.39 is 5.41 Å². The van der Waals surface area contributed by atoms with E-state index in [2.05, 4.69) is 146 Å². The first-order valence-corrected chi connectivity index (χ1v) is 21.2. The second-order valence-corrected chi connectivity index (χ2v) is 16.3. The zero-order valence-electron chi connectivity index (χ0n) is 33.9. The largest absolute Gasteiger partial charge is 0.457 e. The van der Waals surface area contributed by atoms with Crippen LogP contribution in [0, 0.1) is 0 Å². The molecule has 5 nitrogen and oxygen atoms in total. The Balaban J connectivity index is 0.963. The van der Waals surface area contributed by atoms with Gasteiger partial charge in [0.1, 0.15) is 22.7 Å². The summed E-state index contributed by atoms with van der Waals surface area (Å²) in [6.45, 7) is 0. The van der Waals surface area contributed by atoms with Crippen molar-refractivity contribution in [1.82, 2.24) is 15.0 Å². The van der Waals surface area contributed by atoms with Crippen molar-refractivity contribution in [1.29, 1.82) is 0 Å². The Morgan fingerprint density at radius 2 is 0.794 bits per heavy atom. The number of ether oxygens (including phenoxy) is 1. The highest BCUT2D eigenvalue weighted by molar-refractivity contribution is 6.08. The van der Waals surface area contributed by atoms with Crippen molar-refractivity contribution in [2.24, 2.45) is 0 Å². The Morgan fingerprint density at radius 1 is 0.302 bits per heavy atom. The molecule has 2 aliphatic rings. The van der Waals surface area contributed by atoms with Crippen molar-refractivity contribution in [3.8, 4) is 79.0 Å².